The van der Waals surface area contributed by atoms with Gasteiger partial charge >= 0.3 is 0 Å². The molecule has 0 bridgehead atoms. The van der Waals surface area contributed by atoms with Gasteiger partial charge in [0.2, 0.25) is 5.88 Å². The van der Waals surface area contributed by atoms with E-state index in [1.54, 1.807) is 12.1 Å². The van der Waals surface area contributed by atoms with Crippen LogP contribution in [0, 0.1) is 17.1 Å². The van der Waals surface area contributed by atoms with Crippen molar-refractivity contribution in [2.75, 3.05) is 0 Å². The van der Waals surface area contributed by atoms with Gasteiger partial charge in [0.25, 0.3) is 5.56 Å². The molecule has 21 heavy (non-hydrogen) atoms. The summed E-state index contributed by atoms with van der Waals surface area (Å²) in [5.41, 5.74) is -0.0668. The molecule has 2 aromatic heterocycles. The van der Waals surface area contributed by atoms with Crippen LogP contribution in [0.1, 0.15) is 16.7 Å². The van der Waals surface area contributed by atoms with Gasteiger partial charge in [-0.3, -0.25) is 4.79 Å². The van der Waals surface area contributed by atoms with E-state index in [1.165, 1.54) is 18.3 Å². The van der Waals surface area contributed by atoms with E-state index in [2.05, 4.69) is 10.1 Å². The molecule has 104 valence electrons. The van der Waals surface area contributed by atoms with Crippen LogP contribution in [0.3, 0.4) is 0 Å². The zero-order valence-corrected chi connectivity index (χ0v) is 10.7. The third-order valence-corrected chi connectivity index (χ3v) is 3.19. The normalized spacial score (nSPS) is 10.7. The average molecular weight is 284 g/mol. The summed E-state index contributed by atoms with van der Waals surface area (Å²) in [6.45, 7) is 0. The highest BCUT2D eigenvalue weighted by Crippen LogP contribution is 2.20. The Kier molecular flexibility index (Phi) is 2.92. The molecule has 3 aromatic rings. The number of H-pyrrole nitrogens is 1. The highest BCUT2D eigenvalue weighted by molar-refractivity contribution is 5.55. The summed E-state index contributed by atoms with van der Waals surface area (Å²) in [7, 11) is 0. The Morgan fingerprint density at radius 3 is 2.90 bits per heavy atom. The van der Waals surface area contributed by atoms with Crippen molar-refractivity contribution < 1.29 is 9.50 Å². The van der Waals surface area contributed by atoms with E-state index in [1.807, 2.05) is 6.07 Å². The number of aromatic amines is 1. The Morgan fingerprint density at radius 2 is 2.19 bits per heavy atom. The van der Waals surface area contributed by atoms with Gasteiger partial charge in [-0.2, -0.15) is 14.9 Å². The van der Waals surface area contributed by atoms with E-state index in [0.717, 1.165) is 4.52 Å². The number of nitrogens with one attached hydrogen (secondary N) is 1. The molecule has 0 saturated carbocycles. The van der Waals surface area contributed by atoms with Gasteiger partial charge in [-0.15, -0.1) is 0 Å². The molecule has 0 saturated heterocycles. The van der Waals surface area contributed by atoms with Gasteiger partial charge in [-0.05, 0) is 11.6 Å². The molecule has 3 rings (SSSR count). The maximum absolute atomic E-state index is 13.7. The smallest absolute Gasteiger partial charge is 0.258 e. The van der Waals surface area contributed by atoms with Crippen LogP contribution in [0.25, 0.3) is 5.65 Å². The molecule has 0 spiro atoms. The second-order valence-corrected chi connectivity index (χ2v) is 4.45. The molecule has 0 fully saturated rings. The number of aromatic hydroxyl groups is 1. The fourth-order valence-electron chi connectivity index (χ4n) is 2.12. The van der Waals surface area contributed by atoms with Crippen molar-refractivity contribution in [3.05, 3.63) is 63.3 Å². The molecule has 0 aliphatic carbocycles. The molecule has 7 heteroatoms. The minimum atomic E-state index is -0.583. The van der Waals surface area contributed by atoms with Crippen LogP contribution in [0.15, 0.2) is 35.3 Å². The molecule has 0 amide bonds. The molecule has 2 N–H and O–H groups in total. The summed E-state index contributed by atoms with van der Waals surface area (Å²) in [6, 6.07) is 7.85. The predicted molar refractivity (Wildman–Crippen MR) is 71.4 cm³/mol. The Balaban J connectivity index is 2.18. The summed E-state index contributed by atoms with van der Waals surface area (Å²) in [5.74, 6) is -0.868. The molecule has 0 aliphatic heterocycles. The number of hydrogen-bond donors (Lipinski definition) is 2. The molecule has 2 heterocycles. The Bertz CT molecular complexity index is 936. The average Bonchev–Trinajstić information content (AvgIpc) is 2.88. The molecular weight excluding hydrogens is 275 g/mol. The third-order valence-electron chi connectivity index (χ3n) is 3.19. The zero-order chi connectivity index (χ0) is 15.0. The van der Waals surface area contributed by atoms with Gasteiger partial charge in [0.1, 0.15) is 17.4 Å². The van der Waals surface area contributed by atoms with Crippen molar-refractivity contribution in [3.63, 3.8) is 0 Å². The first-order valence-corrected chi connectivity index (χ1v) is 6.07. The summed E-state index contributed by atoms with van der Waals surface area (Å²) >= 11 is 0. The van der Waals surface area contributed by atoms with Crippen LogP contribution in [0.5, 0.6) is 5.88 Å². The fraction of sp³-hybridized carbons (Fsp3) is 0.0714. The van der Waals surface area contributed by atoms with Crippen LogP contribution in [-0.2, 0) is 6.42 Å². The number of nitriles is 1. The van der Waals surface area contributed by atoms with Crippen LogP contribution in [-0.4, -0.2) is 19.7 Å². The summed E-state index contributed by atoms with van der Waals surface area (Å²) in [5, 5.41) is 22.9. The lowest BCUT2D eigenvalue weighted by Crippen LogP contribution is -2.16. The van der Waals surface area contributed by atoms with Gasteiger partial charge in [0, 0.05) is 6.42 Å². The van der Waals surface area contributed by atoms with Crippen molar-refractivity contribution in [1.29, 1.82) is 5.26 Å². The quantitative estimate of drug-likeness (QED) is 0.742. The number of aromatic nitrogens is 3. The van der Waals surface area contributed by atoms with Crippen molar-refractivity contribution in [1.82, 2.24) is 14.6 Å². The molecular formula is C14H9FN4O2. The second kappa shape index (κ2) is 4.76. The predicted octanol–water partition coefficient (Wildman–Crippen LogP) is 1.33. The maximum Gasteiger partial charge on any atom is 0.258 e. The summed E-state index contributed by atoms with van der Waals surface area (Å²) in [6.07, 6.45) is 1.16. The number of fused-ring (bicyclic) bond motifs is 1. The Hall–Kier alpha value is -3.14. The molecule has 0 atom stereocenters. The van der Waals surface area contributed by atoms with E-state index < -0.39 is 17.3 Å². The van der Waals surface area contributed by atoms with Crippen molar-refractivity contribution in [3.8, 4) is 11.9 Å². The second-order valence-electron chi connectivity index (χ2n) is 4.45. The fourth-order valence-corrected chi connectivity index (χ4v) is 2.12. The van der Waals surface area contributed by atoms with Crippen molar-refractivity contribution in [2.45, 2.75) is 6.42 Å². The van der Waals surface area contributed by atoms with Crippen LogP contribution >= 0.6 is 0 Å². The molecule has 1 aromatic carbocycles. The van der Waals surface area contributed by atoms with E-state index in [4.69, 9.17) is 5.26 Å². The first kappa shape index (κ1) is 12.9. The topological polar surface area (TPSA) is 94.2 Å². The van der Waals surface area contributed by atoms with E-state index in [0.29, 0.717) is 0 Å². The highest BCUT2D eigenvalue weighted by Gasteiger charge is 2.17. The molecule has 0 radical (unpaired) electrons. The summed E-state index contributed by atoms with van der Waals surface area (Å²) < 4.78 is 14.7. The van der Waals surface area contributed by atoms with Gasteiger partial charge in [0.05, 0.1) is 11.8 Å². The Labute approximate surface area is 117 Å². The number of nitrogens with zero attached hydrogens (tertiary/aromatic N) is 3. The first-order chi connectivity index (χ1) is 10.1. The lowest BCUT2D eigenvalue weighted by molar-refractivity contribution is 0.427. The van der Waals surface area contributed by atoms with E-state index >= 15 is 0 Å². The van der Waals surface area contributed by atoms with Gasteiger partial charge in [0.15, 0.2) is 5.65 Å². The lowest BCUT2D eigenvalue weighted by Gasteiger charge is -2.06. The Morgan fingerprint density at radius 1 is 1.43 bits per heavy atom. The van der Waals surface area contributed by atoms with Crippen LogP contribution in [0.2, 0.25) is 0 Å². The number of rotatable bonds is 2. The van der Waals surface area contributed by atoms with Gasteiger partial charge < -0.3 is 10.1 Å². The summed E-state index contributed by atoms with van der Waals surface area (Å²) in [4.78, 5) is 14.5. The van der Waals surface area contributed by atoms with Crippen molar-refractivity contribution >= 4 is 5.65 Å². The highest BCUT2D eigenvalue weighted by atomic mass is 19.1. The van der Waals surface area contributed by atoms with E-state index in [-0.39, 0.29) is 28.8 Å². The van der Waals surface area contributed by atoms with Crippen LogP contribution in [0.4, 0.5) is 4.39 Å². The number of halogens is 1. The minimum Gasteiger partial charge on any atom is -0.493 e. The zero-order valence-electron chi connectivity index (χ0n) is 10.7. The first-order valence-electron chi connectivity index (χ1n) is 6.07. The SMILES string of the molecule is N#Cc1cnn2c(O)c(Cc3ccccc3F)c(=O)[nH]c12. The maximum atomic E-state index is 13.7. The standard InChI is InChI=1S/C14H9FN4O2/c15-11-4-2-1-3-8(11)5-10-13(20)18-12-9(6-16)7-17-19(12)14(10)21/h1-4,7,21H,5H2,(H,18,20). The lowest BCUT2D eigenvalue weighted by atomic mass is 10.1. The van der Waals surface area contributed by atoms with Crippen LogP contribution < -0.4 is 5.56 Å². The van der Waals surface area contributed by atoms with Gasteiger partial charge in [-0.25, -0.2) is 4.39 Å². The number of benzene rings is 1. The number of hydrogen-bond acceptors (Lipinski definition) is 4. The molecule has 6 nitrogen and oxygen atoms in total. The molecule has 0 aliphatic rings. The third kappa shape index (κ3) is 2.03. The largest absolute Gasteiger partial charge is 0.493 e. The van der Waals surface area contributed by atoms with E-state index in [9.17, 15) is 14.3 Å². The van der Waals surface area contributed by atoms with Gasteiger partial charge in [-0.1, -0.05) is 18.2 Å². The molecule has 0 unspecified atom stereocenters. The minimum absolute atomic E-state index is 0.0137. The van der Waals surface area contributed by atoms with Crippen molar-refractivity contribution in [2.24, 2.45) is 0 Å². The monoisotopic (exact) mass is 284 g/mol.